The Morgan fingerprint density at radius 3 is 2.10 bits per heavy atom. The van der Waals surface area contributed by atoms with Crippen LogP contribution in [-0.4, -0.2) is 29.0 Å². The lowest BCUT2D eigenvalue weighted by atomic mass is 9.89. The van der Waals surface area contributed by atoms with Crippen LogP contribution in [0.1, 0.15) is 124 Å². The van der Waals surface area contributed by atoms with Gasteiger partial charge in [-0.25, -0.2) is 0 Å². The van der Waals surface area contributed by atoms with E-state index in [9.17, 15) is 14.4 Å². The summed E-state index contributed by atoms with van der Waals surface area (Å²) in [6.07, 6.45) is 15.7. The normalized spacial score (nSPS) is 17.0. The topological polar surface area (TPSA) is 54.5 Å². The van der Waals surface area contributed by atoms with Crippen molar-refractivity contribution in [3.8, 4) is 0 Å². The van der Waals surface area contributed by atoms with Crippen LogP contribution in [0.25, 0.3) is 0 Å². The summed E-state index contributed by atoms with van der Waals surface area (Å²) in [4.78, 5) is 38.7. The van der Waals surface area contributed by atoms with E-state index in [2.05, 4.69) is 20.8 Å². The van der Waals surface area contributed by atoms with Crippen molar-refractivity contribution in [2.75, 3.05) is 6.54 Å². The van der Waals surface area contributed by atoms with Crippen LogP contribution in [0.15, 0.2) is 0 Å². The Bertz CT molecular complexity index is 480. The molecule has 0 N–H and O–H groups in total. The van der Waals surface area contributed by atoms with Gasteiger partial charge in [-0.15, -0.1) is 0 Å². The van der Waals surface area contributed by atoms with Crippen molar-refractivity contribution in [2.45, 2.75) is 124 Å². The van der Waals surface area contributed by atoms with Gasteiger partial charge in [0.2, 0.25) is 11.8 Å². The van der Waals surface area contributed by atoms with Crippen LogP contribution in [0.3, 0.4) is 0 Å². The second-order valence-corrected chi connectivity index (χ2v) is 8.89. The summed E-state index contributed by atoms with van der Waals surface area (Å²) < 4.78 is 0. The Kier molecular flexibility index (Phi) is 13.9. The zero-order valence-corrected chi connectivity index (χ0v) is 19.3. The first-order valence-electron chi connectivity index (χ1n) is 12.4. The number of rotatable bonds is 18. The number of imide groups is 1. The van der Waals surface area contributed by atoms with Crippen LogP contribution in [0.2, 0.25) is 0 Å². The fourth-order valence-electron chi connectivity index (χ4n) is 4.35. The summed E-state index contributed by atoms with van der Waals surface area (Å²) in [6.45, 7) is 7.07. The van der Waals surface area contributed by atoms with E-state index < -0.39 is 0 Å². The Morgan fingerprint density at radius 1 is 0.862 bits per heavy atom. The van der Waals surface area contributed by atoms with Crippen LogP contribution in [0.5, 0.6) is 0 Å². The highest BCUT2D eigenvalue weighted by atomic mass is 16.2. The Balaban J connectivity index is 2.26. The highest BCUT2D eigenvalue weighted by molar-refractivity contribution is 6.03. The fraction of sp³-hybridized carbons (Fsp3) is 0.880. The third-order valence-electron chi connectivity index (χ3n) is 6.32. The highest BCUT2D eigenvalue weighted by Crippen LogP contribution is 2.26. The van der Waals surface area contributed by atoms with Crippen LogP contribution < -0.4 is 0 Å². The molecule has 0 bridgehead atoms. The molecule has 1 atom stereocenters. The molecule has 0 aromatic carbocycles. The second kappa shape index (κ2) is 15.6. The smallest absolute Gasteiger partial charge is 0.232 e. The molecule has 2 amide bonds. The van der Waals surface area contributed by atoms with Crippen molar-refractivity contribution in [1.82, 2.24) is 4.90 Å². The van der Waals surface area contributed by atoms with E-state index in [0.717, 1.165) is 77.0 Å². The second-order valence-electron chi connectivity index (χ2n) is 8.89. The minimum absolute atomic E-state index is 0.00534. The number of hydrogen-bond donors (Lipinski definition) is 0. The summed E-state index contributed by atoms with van der Waals surface area (Å²) in [5.41, 5.74) is 0. The van der Waals surface area contributed by atoms with Gasteiger partial charge in [0, 0.05) is 31.2 Å². The third kappa shape index (κ3) is 9.91. The molecule has 168 valence electrons. The Labute approximate surface area is 179 Å². The Morgan fingerprint density at radius 2 is 1.48 bits per heavy atom. The van der Waals surface area contributed by atoms with Crippen LogP contribution >= 0.6 is 0 Å². The largest absolute Gasteiger partial charge is 0.299 e. The van der Waals surface area contributed by atoms with E-state index in [4.69, 9.17) is 0 Å². The summed E-state index contributed by atoms with van der Waals surface area (Å²) in [7, 11) is 0. The van der Waals surface area contributed by atoms with E-state index in [1.54, 1.807) is 0 Å². The molecule has 4 nitrogen and oxygen atoms in total. The predicted octanol–water partition coefficient (Wildman–Crippen LogP) is 6.46. The summed E-state index contributed by atoms with van der Waals surface area (Å²) >= 11 is 0. The third-order valence-corrected chi connectivity index (χ3v) is 6.32. The fourth-order valence-corrected chi connectivity index (χ4v) is 4.35. The zero-order chi connectivity index (χ0) is 21.5. The number of carbonyl (C=O) groups excluding carboxylic acids is 3. The molecule has 29 heavy (non-hydrogen) atoms. The van der Waals surface area contributed by atoms with E-state index in [1.165, 1.54) is 17.7 Å². The molecule has 0 radical (unpaired) electrons. The van der Waals surface area contributed by atoms with Gasteiger partial charge in [-0.3, -0.25) is 19.3 Å². The predicted molar refractivity (Wildman–Crippen MR) is 120 cm³/mol. The Hall–Kier alpha value is -1.19. The van der Waals surface area contributed by atoms with Crippen molar-refractivity contribution >= 4 is 17.6 Å². The molecule has 1 rings (SSSR count). The number of Topliss-reactive ketones (excluding diaryl/α,β-unsaturated/α-hetero) is 1. The van der Waals surface area contributed by atoms with E-state index in [1.807, 2.05) is 0 Å². The molecule has 1 fully saturated rings. The number of unbranched alkanes of at least 4 members (excludes halogenated alkanes) is 7. The molecule has 1 aliphatic rings. The first-order valence-corrected chi connectivity index (χ1v) is 12.4. The number of amides is 2. The SMILES string of the molecule is CCCCCCC1CC(=O)N(CCCCCC(=O)C(CCCC)CCCC)C1=O. The molecule has 0 spiro atoms. The van der Waals surface area contributed by atoms with Crippen LogP contribution in [0, 0.1) is 11.8 Å². The minimum atomic E-state index is -0.0844. The number of nitrogens with zero attached hydrogens (tertiary/aromatic N) is 1. The van der Waals surface area contributed by atoms with E-state index >= 15 is 0 Å². The van der Waals surface area contributed by atoms with Gasteiger partial charge in [-0.1, -0.05) is 78.6 Å². The van der Waals surface area contributed by atoms with Gasteiger partial charge < -0.3 is 0 Å². The average Bonchev–Trinajstić information content (AvgIpc) is 2.98. The lowest BCUT2D eigenvalue weighted by Crippen LogP contribution is -2.31. The maximum atomic E-state index is 12.5. The number of likely N-dealkylation sites (tertiary alicyclic amines) is 1. The van der Waals surface area contributed by atoms with E-state index in [0.29, 0.717) is 25.2 Å². The number of carbonyl (C=O) groups is 3. The molecular formula is C25H45NO3. The highest BCUT2D eigenvalue weighted by Gasteiger charge is 2.37. The molecule has 0 saturated carbocycles. The zero-order valence-electron chi connectivity index (χ0n) is 19.3. The monoisotopic (exact) mass is 407 g/mol. The molecule has 0 aromatic heterocycles. The first kappa shape index (κ1) is 25.8. The van der Waals surface area contributed by atoms with Crippen molar-refractivity contribution < 1.29 is 14.4 Å². The van der Waals surface area contributed by atoms with E-state index in [-0.39, 0.29) is 23.7 Å². The van der Waals surface area contributed by atoms with Gasteiger partial charge in [0.05, 0.1) is 0 Å². The number of hydrogen-bond acceptors (Lipinski definition) is 3. The molecule has 4 heteroatoms. The van der Waals surface area contributed by atoms with Gasteiger partial charge in [-0.2, -0.15) is 0 Å². The molecule has 0 aromatic rings. The standard InChI is InChI=1S/C25H45NO3/c1-4-7-10-12-17-22-20-24(28)26(25(22)29)19-14-11-13-18-23(27)21(15-8-5-2)16-9-6-3/h21-22H,4-20H2,1-3H3. The lowest BCUT2D eigenvalue weighted by molar-refractivity contribution is -0.139. The maximum absolute atomic E-state index is 12.5. The quantitative estimate of drug-likeness (QED) is 0.193. The minimum Gasteiger partial charge on any atom is -0.299 e. The van der Waals surface area contributed by atoms with Crippen molar-refractivity contribution in [1.29, 1.82) is 0 Å². The molecule has 1 aliphatic heterocycles. The molecular weight excluding hydrogens is 362 g/mol. The molecule has 1 saturated heterocycles. The van der Waals surface area contributed by atoms with Crippen LogP contribution in [0.4, 0.5) is 0 Å². The summed E-state index contributed by atoms with van der Waals surface area (Å²) in [5.74, 6) is 0.629. The van der Waals surface area contributed by atoms with Crippen LogP contribution in [-0.2, 0) is 14.4 Å². The lowest BCUT2D eigenvalue weighted by Gasteiger charge is -2.16. The van der Waals surface area contributed by atoms with Gasteiger partial charge in [0.25, 0.3) is 0 Å². The van der Waals surface area contributed by atoms with Gasteiger partial charge in [-0.05, 0) is 32.1 Å². The summed E-state index contributed by atoms with van der Waals surface area (Å²) in [6, 6.07) is 0. The maximum Gasteiger partial charge on any atom is 0.232 e. The molecule has 1 unspecified atom stereocenters. The van der Waals surface area contributed by atoms with Gasteiger partial charge >= 0.3 is 0 Å². The molecule has 0 aliphatic carbocycles. The first-order chi connectivity index (χ1) is 14.0. The van der Waals surface area contributed by atoms with Crippen molar-refractivity contribution in [3.63, 3.8) is 0 Å². The van der Waals surface area contributed by atoms with Gasteiger partial charge in [0.1, 0.15) is 5.78 Å². The van der Waals surface area contributed by atoms with Crippen molar-refractivity contribution in [3.05, 3.63) is 0 Å². The van der Waals surface area contributed by atoms with Crippen molar-refractivity contribution in [2.24, 2.45) is 11.8 Å². The molecule has 1 heterocycles. The summed E-state index contributed by atoms with van der Waals surface area (Å²) in [5, 5.41) is 0. The number of ketones is 1. The average molecular weight is 408 g/mol. The van der Waals surface area contributed by atoms with Gasteiger partial charge in [0.15, 0.2) is 0 Å².